The maximum atomic E-state index is 5.33. The summed E-state index contributed by atoms with van der Waals surface area (Å²) >= 11 is 0. The summed E-state index contributed by atoms with van der Waals surface area (Å²) < 4.78 is 0. The highest BCUT2D eigenvalue weighted by Gasteiger charge is 2.17. The number of fused-ring (bicyclic) bond motifs is 6. The van der Waals surface area contributed by atoms with Gasteiger partial charge in [0.05, 0.1) is 22.6 Å². The van der Waals surface area contributed by atoms with Crippen LogP contribution in [0.4, 0.5) is 0 Å². The van der Waals surface area contributed by atoms with Crippen molar-refractivity contribution in [3.8, 4) is 56.0 Å². The number of para-hydroxylation sites is 1. The van der Waals surface area contributed by atoms with E-state index in [1.165, 1.54) is 32.5 Å². The molecule has 4 heterocycles. The molecule has 0 atom stereocenters. The van der Waals surface area contributed by atoms with Gasteiger partial charge in [-0.1, -0.05) is 103 Å². The highest BCUT2D eigenvalue weighted by molar-refractivity contribution is 6.25. The van der Waals surface area contributed by atoms with Crippen molar-refractivity contribution in [3.05, 3.63) is 183 Å². The third-order valence-electron chi connectivity index (χ3n) is 10.0. The van der Waals surface area contributed by atoms with Gasteiger partial charge >= 0.3 is 0 Å². The van der Waals surface area contributed by atoms with E-state index in [4.69, 9.17) is 9.97 Å². The Kier molecular flexibility index (Phi) is 7.10. The largest absolute Gasteiger partial charge is 0.265 e. The zero-order valence-electron chi connectivity index (χ0n) is 28.1. The van der Waals surface area contributed by atoms with Crippen molar-refractivity contribution < 1.29 is 0 Å². The molecule has 52 heavy (non-hydrogen) atoms. The summed E-state index contributed by atoms with van der Waals surface area (Å²) in [5, 5.41) is 8.39. The summed E-state index contributed by atoms with van der Waals surface area (Å²) in [7, 11) is 0. The highest BCUT2D eigenvalue weighted by atomic mass is 14.7. The Balaban J connectivity index is 1.16. The SMILES string of the molecule is c1ccc2cc(-c3nc4ccccc4c4c3cc(-c3ccc(-c5cc(-c6ccncc6)nc(-c6ccncc6)c5)cc3)c3ccccc34)ccc2c1. The van der Waals surface area contributed by atoms with Gasteiger partial charge in [-0.25, -0.2) is 9.97 Å². The van der Waals surface area contributed by atoms with Gasteiger partial charge in [0.15, 0.2) is 0 Å². The fourth-order valence-electron chi connectivity index (χ4n) is 7.49. The van der Waals surface area contributed by atoms with Crippen LogP contribution in [0.25, 0.3) is 99.2 Å². The first-order valence-corrected chi connectivity index (χ1v) is 17.4. The molecule has 0 saturated heterocycles. The Morgan fingerprint density at radius 3 is 1.62 bits per heavy atom. The van der Waals surface area contributed by atoms with Crippen LogP contribution >= 0.6 is 0 Å². The molecule has 0 N–H and O–H groups in total. The Labute approximate surface area is 300 Å². The van der Waals surface area contributed by atoms with Gasteiger partial charge in [0.1, 0.15) is 0 Å². The molecule has 0 aliphatic heterocycles. The number of aromatic nitrogens is 4. The Hall–Kier alpha value is -7.04. The van der Waals surface area contributed by atoms with Crippen molar-refractivity contribution in [2.45, 2.75) is 0 Å². The minimum atomic E-state index is 0.900. The highest BCUT2D eigenvalue weighted by Crippen LogP contribution is 2.42. The minimum absolute atomic E-state index is 0.900. The standard InChI is InChI=1S/C48H30N4/c1-2-8-36-27-37(18-15-31(36)7-1)48-43-30-42(39-9-3-4-10-40(39)47(43)41-11-5-6-12-44(41)52-48)33-16-13-32(14-17-33)38-28-45(34-19-23-49-24-20-34)51-46(29-38)35-21-25-50-26-22-35/h1-30H. The first kappa shape index (κ1) is 29.8. The van der Waals surface area contributed by atoms with Crippen molar-refractivity contribution in [1.82, 2.24) is 19.9 Å². The van der Waals surface area contributed by atoms with E-state index in [-0.39, 0.29) is 0 Å². The molecule has 6 aromatic carbocycles. The summed E-state index contributed by atoms with van der Waals surface area (Å²) in [6.45, 7) is 0. The van der Waals surface area contributed by atoms with Crippen LogP contribution < -0.4 is 0 Å². The normalized spacial score (nSPS) is 11.5. The predicted octanol–water partition coefficient (Wildman–Crippen LogP) is 12.2. The first-order valence-electron chi connectivity index (χ1n) is 17.4. The summed E-state index contributed by atoms with van der Waals surface area (Å²) in [5.41, 5.74) is 11.5. The molecule has 4 aromatic heterocycles. The van der Waals surface area contributed by atoms with E-state index in [0.29, 0.717) is 0 Å². The fourth-order valence-corrected chi connectivity index (χ4v) is 7.49. The molecule has 10 rings (SSSR count). The van der Waals surface area contributed by atoms with Crippen LogP contribution in [0.1, 0.15) is 0 Å². The van der Waals surface area contributed by atoms with Gasteiger partial charge in [0.25, 0.3) is 0 Å². The average molecular weight is 663 g/mol. The first-order chi connectivity index (χ1) is 25.8. The summed E-state index contributed by atoms with van der Waals surface area (Å²) in [5.74, 6) is 0. The molecule has 242 valence electrons. The van der Waals surface area contributed by atoms with E-state index < -0.39 is 0 Å². The Morgan fingerprint density at radius 1 is 0.327 bits per heavy atom. The lowest BCUT2D eigenvalue weighted by atomic mass is 9.89. The van der Waals surface area contributed by atoms with Crippen LogP contribution in [0.2, 0.25) is 0 Å². The topological polar surface area (TPSA) is 51.6 Å². The molecular weight excluding hydrogens is 633 g/mol. The van der Waals surface area contributed by atoms with Gasteiger partial charge in [0, 0.05) is 57.6 Å². The average Bonchev–Trinajstić information content (AvgIpc) is 3.23. The summed E-state index contributed by atoms with van der Waals surface area (Å²) in [6, 6.07) is 56.1. The van der Waals surface area contributed by atoms with E-state index >= 15 is 0 Å². The van der Waals surface area contributed by atoms with Crippen molar-refractivity contribution in [2.24, 2.45) is 0 Å². The van der Waals surface area contributed by atoms with Crippen molar-refractivity contribution >= 4 is 43.2 Å². The molecule has 0 aliphatic rings. The minimum Gasteiger partial charge on any atom is -0.265 e. The maximum absolute atomic E-state index is 5.33. The van der Waals surface area contributed by atoms with Crippen LogP contribution in [-0.2, 0) is 0 Å². The van der Waals surface area contributed by atoms with Gasteiger partial charge in [-0.05, 0) is 98.4 Å². The molecule has 0 unspecified atom stereocenters. The molecule has 0 spiro atoms. The zero-order valence-corrected chi connectivity index (χ0v) is 28.1. The van der Waals surface area contributed by atoms with Crippen LogP contribution in [-0.4, -0.2) is 19.9 Å². The van der Waals surface area contributed by atoms with E-state index in [1.54, 1.807) is 0 Å². The molecule has 0 amide bonds. The third-order valence-corrected chi connectivity index (χ3v) is 10.0. The number of hydrogen-bond acceptors (Lipinski definition) is 4. The number of nitrogens with zero attached hydrogens (tertiary/aromatic N) is 4. The molecule has 0 radical (unpaired) electrons. The lowest BCUT2D eigenvalue weighted by molar-refractivity contribution is 1.27. The van der Waals surface area contributed by atoms with Gasteiger partial charge in [0.2, 0.25) is 0 Å². The summed E-state index contributed by atoms with van der Waals surface area (Å²) in [4.78, 5) is 18.8. The van der Waals surface area contributed by atoms with Crippen molar-refractivity contribution in [3.63, 3.8) is 0 Å². The zero-order chi connectivity index (χ0) is 34.4. The molecule has 0 bridgehead atoms. The second kappa shape index (κ2) is 12.4. The second-order valence-electron chi connectivity index (χ2n) is 13.1. The van der Waals surface area contributed by atoms with Crippen LogP contribution in [0.5, 0.6) is 0 Å². The Morgan fingerprint density at radius 2 is 0.904 bits per heavy atom. The van der Waals surface area contributed by atoms with Gasteiger partial charge in [-0.3, -0.25) is 9.97 Å². The number of hydrogen-bond donors (Lipinski definition) is 0. The lowest BCUT2D eigenvalue weighted by Crippen LogP contribution is -1.93. The number of pyridine rings is 4. The van der Waals surface area contributed by atoms with Crippen molar-refractivity contribution in [2.75, 3.05) is 0 Å². The molecule has 0 aliphatic carbocycles. The Bertz CT molecular complexity index is 2880. The van der Waals surface area contributed by atoms with E-state index in [0.717, 1.165) is 66.8 Å². The quantitative estimate of drug-likeness (QED) is 0.172. The lowest BCUT2D eigenvalue weighted by Gasteiger charge is -2.17. The van der Waals surface area contributed by atoms with Gasteiger partial charge in [-0.15, -0.1) is 0 Å². The molecule has 4 heteroatoms. The van der Waals surface area contributed by atoms with Crippen molar-refractivity contribution in [1.29, 1.82) is 0 Å². The molecule has 0 fully saturated rings. The maximum Gasteiger partial charge on any atom is 0.0788 e. The van der Waals surface area contributed by atoms with Gasteiger partial charge < -0.3 is 0 Å². The summed E-state index contributed by atoms with van der Waals surface area (Å²) in [6.07, 6.45) is 7.23. The molecular formula is C48H30N4. The third kappa shape index (κ3) is 5.17. The van der Waals surface area contributed by atoms with Gasteiger partial charge in [-0.2, -0.15) is 0 Å². The fraction of sp³-hybridized carbons (Fsp3) is 0. The monoisotopic (exact) mass is 662 g/mol. The molecule has 4 nitrogen and oxygen atoms in total. The smallest absolute Gasteiger partial charge is 0.0788 e. The number of rotatable bonds is 5. The van der Waals surface area contributed by atoms with Crippen LogP contribution in [0.15, 0.2) is 183 Å². The van der Waals surface area contributed by atoms with E-state index in [9.17, 15) is 0 Å². The molecule has 0 saturated carbocycles. The van der Waals surface area contributed by atoms with E-state index in [1.807, 2.05) is 49.1 Å². The predicted molar refractivity (Wildman–Crippen MR) is 215 cm³/mol. The van der Waals surface area contributed by atoms with E-state index in [2.05, 4.69) is 143 Å². The molecule has 10 aromatic rings. The second-order valence-corrected chi connectivity index (χ2v) is 13.1. The number of benzene rings is 6. The van der Waals surface area contributed by atoms with Crippen LogP contribution in [0.3, 0.4) is 0 Å². The van der Waals surface area contributed by atoms with Crippen LogP contribution in [0, 0.1) is 0 Å².